The van der Waals surface area contributed by atoms with E-state index in [1.165, 1.54) is 23.9 Å². The average Bonchev–Trinajstić information content (AvgIpc) is 1.91. The fraction of sp³-hybridized carbons (Fsp3) is 0. The van der Waals surface area contributed by atoms with Crippen LogP contribution in [0.2, 0.25) is 0 Å². The van der Waals surface area contributed by atoms with E-state index in [1.54, 1.807) is 0 Å². The Hall–Kier alpha value is -0.417. The van der Waals surface area contributed by atoms with Crippen LogP contribution in [-0.4, -0.2) is 0 Å². The maximum absolute atomic E-state index is 2.16. The van der Waals surface area contributed by atoms with Crippen molar-refractivity contribution in [3.63, 3.8) is 0 Å². The summed E-state index contributed by atoms with van der Waals surface area (Å²) in [5.41, 5.74) is 1.30. The Balaban J connectivity index is 2.85. The summed E-state index contributed by atoms with van der Waals surface area (Å²) < 4.78 is 2.16. The van der Waals surface area contributed by atoms with Gasteiger partial charge in [-0.15, -0.1) is 0 Å². The van der Waals surface area contributed by atoms with Gasteiger partial charge >= 0.3 is 64.9 Å². The van der Waals surface area contributed by atoms with Crippen molar-refractivity contribution < 1.29 is 18.3 Å². The number of hydrogen-bond donors (Lipinski definition) is 0. The Morgan fingerprint density at radius 2 is 1.78 bits per heavy atom. The van der Waals surface area contributed by atoms with Gasteiger partial charge in [0.05, 0.1) is 0 Å². The summed E-state index contributed by atoms with van der Waals surface area (Å²) in [6.45, 7) is 0. The van der Waals surface area contributed by atoms with Gasteiger partial charge in [0.2, 0.25) is 0 Å². The molecular formula is C8H7Zn. The molecule has 0 unspecified atom stereocenters. The van der Waals surface area contributed by atoms with Gasteiger partial charge in [-0.05, 0) is 0 Å². The Bertz CT molecular complexity index is 189. The average molecular weight is 169 g/mol. The van der Waals surface area contributed by atoms with Gasteiger partial charge in [0.15, 0.2) is 0 Å². The van der Waals surface area contributed by atoms with Crippen LogP contribution in [-0.2, 0) is 18.3 Å². The summed E-state index contributed by atoms with van der Waals surface area (Å²) in [6, 6.07) is 10.3. The molecule has 0 radical (unpaired) electrons. The normalized spacial score (nSPS) is 10.4. The van der Waals surface area contributed by atoms with E-state index in [0.717, 1.165) is 0 Å². The second kappa shape index (κ2) is 3.58. The molecular weight excluding hydrogens is 161 g/mol. The molecule has 0 saturated carbocycles. The van der Waals surface area contributed by atoms with Gasteiger partial charge in [-0.25, -0.2) is 0 Å². The summed E-state index contributed by atoms with van der Waals surface area (Å²) in [5.74, 6) is 0. The third kappa shape index (κ3) is 2.11. The summed E-state index contributed by atoms with van der Waals surface area (Å²) >= 11 is 1.23. The minimum absolute atomic E-state index is 1.23. The molecule has 1 rings (SSSR count). The first-order valence-electron chi connectivity index (χ1n) is 2.94. The van der Waals surface area contributed by atoms with Crippen LogP contribution in [0.1, 0.15) is 5.56 Å². The zero-order valence-corrected chi connectivity index (χ0v) is 8.22. The Morgan fingerprint density at radius 3 is 2.33 bits per heavy atom. The summed E-state index contributed by atoms with van der Waals surface area (Å²) in [4.78, 5) is 0. The van der Waals surface area contributed by atoms with E-state index < -0.39 is 0 Å². The standard InChI is InChI=1S/C8H7.Zn/c1-2-8-6-4-3-5-7-8;/h1-7H;. The van der Waals surface area contributed by atoms with Gasteiger partial charge in [-0.2, -0.15) is 0 Å². The molecule has 0 N–H and O–H groups in total. The molecule has 9 heavy (non-hydrogen) atoms. The van der Waals surface area contributed by atoms with E-state index in [1.807, 2.05) is 6.07 Å². The number of benzene rings is 1. The van der Waals surface area contributed by atoms with Crippen LogP contribution in [0, 0.1) is 0 Å². The van der Waals surface area contributed by atoms with Crippen LogP contribution in [0.4, 0.5) is 0 Å². The van der Waals surface area contributed by atoms with Crippen LogP contribution in [0.5, 0.6) is 0 Å². The third-order valence-corrected chi connectivity index (χ3v) is 1.60. The van der Waals surface area contributed by atoms with E-state index >= 15 is 0 Å². The molecule has 0 aliphatic heterocycles. The molecule has 1 aromatic carbocycles. The van der Waals surface area contributed by atoms with Crippen molar-refractivity contribution in [2.75, 3.05) is 0 Å². The first-order chi connectivity index (χ1) is 4.43. The second-order valence-corrected chi connectivity index (χ2v) is 2.80. The molecule has 0 bridgehead atoms. The van der Waals surface area contributed by atoms with Gasteiger partial charge < -0.3 is 0 Å². The van der Waals surface area contributed by atoms with Gasteiger partial charge in [-0.1, -0.05) is 0 Å². The van der Waals surface area contributed by atoms with E-state index in [4.69, 9.17) is 0 Å². The fourth-order valence-corrected chi connectivity index (χ4v) is 1.27. The van der Waals surface area contributed by atoms with Gasteiger partial charge in [0.1, 0.15) is 0 Å². The SMILES string of the molecule is [Zn][CH]=Cc1ccccc1. The molecule has 0 aliphatic rings. The fourth-order valence-electron chi connectivity index (χ4n) is 0.700. The van der Waals surface area contributed by atoms with Crippen molar-refractivity contribution in [2.24, 2.45) is 0 Å². The molecule has 0 spiro atoms. The molecule has 1 heteroatoms. The van der Waals surface area contributed by atoms with Gasteiger partial charge in [-0.3, -0.25) is 0 Å². The van der Waals surface area contributed by atoms with E-state index in [2.05, 4.69) is 35.0 Å². The molecule has 0 nitrogen and oxygen atoms in total. The quantitative estimate of drug-likeness (QED) is 0.564. The van der Waals surface area contributed by atoms with Crippen molar-refractivity contribution in [1.82, 2.24) is 0 Å². The number of hydrogen-bond acceptors (Lipinski definition) is 0. The van der Waals surface area contributed by atoms with E-state index in [0.29, 0.717) is 0 Å². The van der Waals surface area contributed by atoms with Crippen molar-refractivity contribution in [3.05, 3.63) is 40.6 Å². The minimum atomic E-state index is 1.23. The number of rotatable bonds is 1. The molecule has 0 aromatic heterocycles. The molecule has 1 aromatic rings. The Kier molecular flexibility index (Phi) is 2.66. The van der Waals surface area contributed by atoms with Crippen LogP contribution in [0.3, 0.4) is 0 Å². The van der Waals surface area contributed by atoms with E-state index in [9.17, 15) is 0 Å². The maximum atomic E-state index is 2.16. The van der Waals surface area contributed by atoms with Crippen molar-refractivity contribution in [3.8, 4) is 0 Å². The molecule has 0 atom stereocenters. The van der Waals surface area contributed by atoms with Crippen LogP contribution >= 0.6 is 0 Å². The first kappa shape index (κ1) is 6.70. The predicted octanol–water partition coefficient (Wildman–Crippen LogP) is 2.20. The third-order valence-electron chi connectivity index (χ3n) is 1.11. The van der Waals surface area contributed by atoms with Gasteiger partial charge in [0.25, 0.3) is 0 Å². The molecule has 0 fully saturated rings. The molecule has 0 amide bonds. The molecule has 0 aliphatic carbocycles. The molecule has 0 heterocycles. The van der Waals surface area contributed by atoms with Crippen molar-refractivity contribution in [2.45, 2.75) is 0 Å². The monoisotopic (exact) mass is 167 g/mol. The molecule has 0 saturated heterocycles. The molecule has 41 valence electrons. The predicted molar refractivity (Wildman–Crippen MR) is 35.5 cm³/mol. The zero-order valence-electron chi connectivity index (χ0n) is 5.25. The van der Waals surface area contributed by atoms with E-state index in [-0.39, 0.29) is 0 Å². The van der Waals surface area contributed by atoms with Crippen LogP contribution in [0.25, 0.3) is 6.08 Å². The summed E-state index contributed by atoms with van der Waals surface area (Å²) in [7, 11) is 0. The van der Waals surface area contributed by atoms with Crippen LogP contribution in [0.15, 0.2) is 35.0 Å². The summed E-state index contributed by atoms with van der Waals surface area (Å²) in [6.07, 6.45) is 2.14. The zero-order chi connectivity index (χ0) is 6.53. The Morgan fingerprint density at radius 1 is 1.11 bits per heavy atom. The van der Waals surface area contributed by atoms with Crippen molar-refractivity contribution >= 4 is 6.08 Å². The first-order valence-corrected chi connectivity index (χ1v) is 4.65. The van der Waals surface area contributed by atoms with Crippen molar-refractivity contribution in [1.29, 1.82) is 0 Å². The topological polar surface area (TPSA) is 0 Å². The second-order valence-electron chi connectivity index (χ2n) is 1.81. The van der Waals surface area contributed by atoms with Gasteiger partial charge in [0, 0.05) is 0 Å². The van der Waals surface area contributed by atoms with Crippen LogP contribution < -0.4 is 0 Å². The summed E-state index contributed by atoms with van der Waals surface area (Å²) in [5, 5.41) is 0. The Labute approximate surface area is 65.3 Å².